The van der Waals surface area contributed by atoms with E-state index in [0.717, 1.165) is 12.7 Å². The van der Waals surface area contributed by atoms with Crippen molar-refractivity contribution in [1.82, 2.24) is 4.31 Å². The lowest BCUT2D eigenvalue weighted by Gasteiger charge is -2.29. The van der Waals surface area contributed by atoms with Crippen LogP contribution in [0.2, 0.25) is 0 Å². The van der Waals surface area contributed by atoms with Crippen molar-refractivity contribution in [1.29, 1.82) is 0 Å². The number of sulfonamides is 1. The lowest BCUT2D eigenvalue weighted by Crippen LogP contribution is -2.41. The quantitative estimate of drug-likeness (QED) is 0.699. The molecule has 0 aliphatic rings. The fourth-order valence-electron chi connectivity index (χ4n) is 2.32. The highest BCUT2D eigenvalue weighted by atomic mass is 32.2. The second-order valence-electron chi connectivity index (χ2n) is 5.58. The Kier molecular flexibility index (Phi) is 5.99. The molecule has 1 atom stereocenters. The van der Waals surface area contributed by atoms with E-state index in [4.69, 9.17) is 4.74 Å². The second-order valence-corrected chi connectivity index (χ2v) is 8.38. The number of carbonyl (C=O) groups is 2. The monoisotopic (exact) mass is 393 g/mol. The molecule has 0 unspecified atom stereocenters. The maximum Gasteiger partial charge on any atom is 0.424 e. The van der Waals surface area contributed by atoms with E-state index in [2.05, 4.69) is 6.58 Å². The summed E-state index contributed by atoms with van der Waals surface area (Å²) in [4.78, 5) is 24.8. The van der Waals surface area contributed by atoms with Gasteiger partial charge in [0.05, 0.1) is 12.0 Å². The average molecular weight is 393 g/mol. The number of hydrogen-bond acceptors (Lipinski definition) is 6. The van der Waals surface area contributed by atoms with Crippen LogP contribution in [0.25, 0.3) is 0 Å². The van der Waals surface area contributed by atoms with E-state index in [1.54, 1.807) is 29.6 Å². The zero-order valence-electron chi connectivity index (χ0n) is 14.6. The van der Waals surface area contributed by atoms with Crippen molar-refractivity contribution in [2.45, 2.75) is 24.8 Å². The summed E-state index contributed by atoms with van der Waals surface area (Å²) in [5.74, 6) is -0.420. The third-order valence-electron chi connectivity index (χ3n) is 3.76. The Morgan fingerprint density at radius 1 is 1.19 bits per heavy atom. The first-order valence-electron chi connectivity index (χ1n) is 7.62. The lowest BCUT2D eigenvalue weighted by molar-refractivity contribution is -0.114. The molecule has 0 N–H and O–H groups in total. The molecule has 6 nitrogen and oxygen atoms in total. The van der Waals surface area contributed by atoms with Crippen LogP contribution in [0, 0.1) is 6.92 Å². The van der Waals surface area contributed by atoms with Crippen molar-refractivity contribution in [2.24, 2.45) is 0 Å². The van der Waals surface area contributed by atoms with E-state index in [-0.39, 0.29) is 10.5 Å². The topological polar surface area (TPSA) is 80.8 Å². The van der Waals surface area contributed by atoms with Crippen LogP contribution in [-0.4, -0.2) is 31.7 Å². The fourth-order valence-corrected chi connectivity index (χ4v) is 4.74. The van der Waals surface area contributed by atoms with Crippen molar-refractivity contribution in [3.8, 4) is 0 Å². The minimum absolute atomic E-state index is 0.0199. The number of Topliss-reactive ketones (excluding diaryl/α,β-unsaturated/α-hetero) is 1. The highest BCUT2D eigenvalue weighted by Gasteiger charge is 2.40. The zero-order chi connectivity index (χ0) is 19.5. The molecule has 1 aromatic heterocycles. The fraction of sp³-hybridized carbons (Fsp3) is 0.222. The smallest absolute Gasteiger partial charge is 0.424 e. The standard InChI is InChI=1S/C18H19NO5S2/c1-12-7-9-15(10-8-12)26(22,23)19(18(21)24-4)17(13(2)14(3)20)16-6-5-11-25-16/h5-11,17H,2H2,1,3-4H3/t17-/m1/s1. The average Bonchev–Trinajstić information content (AvgIpc) is 3.12. The van der Waals surface area contributed by atoms with Gasteiger partial charge in [0.1, 0.15) is 6.04 Å². The molecule has 1 amide bonds. The third kappa shape index (κ3) is 3.86. The normalized spacial score (nSPS) is 12.3. The number of rotatable bonds is 6. The Bertz CT molecular complexity index is 915. The molecule has 0 bridgehead atoms. The zero-order valence-corrected chi connectivity index (χ0v) is 16.3. The van der Waals surface area contributed by atoms with E-state index in [1.807, 2.05) is 6.92 Å². The molecular formula is C18H19NO5S2. The molecule has 26 heavy (non-hydrogen) atoms. The predicted octanol–water partition coefficient (Wildman–Crippen LogP) is 3.70. The van der Waals surface area contributed by atoms with Crippen LogP contribution in [0.5, 0.6) is 0 Å². The molecule has 0 spiro atoms. The van der Waals surface area contributed by atoms with Gasteiger partial charge in [-0.05, 0) is 37.4 Å². The van der Waals surface area contributed by atoms with Crippen molar-refractivity contribution >= 4 is 33.2 Å². The van der Waals surface area contributed by atoms with Gasteiger partial charge < -0.3 is 4.74 Å². The first kappa shape index (κ1) is 19.9. The van der Waals surface area contributed by atoms with E-state index in [9.17, 15) is 18.0 Å². The van der Waals surface area contributed by atoms with Gasteiger partial charge in [0.15, 0.2) is 5.78 Å². The van der Waals surface area contributed by atoms with Gasteiger partial charge in [0.2, 0.25) is 0 Å². The van der Waals surface area contributed by atoms with E-state index in [1.165, 1.54) is 30.4 Å². The van der Waals surface area contributed by atoms with Crippen molar-refractivity contribution < 1.29 is 22.7 Å². The molecule has 0 fully saturated rings. The van der Waals surface area contributed by atoms with E-state index < -0.39 is 27.9 Å². The SMILES string of the molecule is C=C(C(C)=O)[C@H](c1cccs1)N(C(=O)OC)S(=O)(=O)c1ccc(C)cc1. The number of benzene rings is 1. The lowest BCUT2D eigenvalue weighted by atomic mass is 10.0. The van der Waals surface area contributed by atoms with Gasteiger partial charge in [0, 0.05) is 10.5 Å². The third-order valence-corrected chi connectivity index (χ3v) is 6.43. The van der Waals surface area contributed by atoms with Gasteiger partial charge in [0.25, 0.3) is 10.0 Å². The summed E-state index contributed by atoms with van der Waals surface area (Å²) < 4.78 is 31.7. The predicted molar refractivity (Wildman–Crippen MR) is 99.5 cm³/mol. The van der Waals surface area contributed by atoms with E-state index in [0.29, 0.717) is 9.18 Å². The number of ether oxygens (including phenoxy) is 1. The van der Waals surface area contributed by atoms with Crippen LogP contribution in [0.15, 0.2) is 58.8 Å². The largest absolute Gasteiger partial charge is 0.452 e. The number of ketones is 1. The van der Waals surface area contributed by atoms with Crippen LogP contribution >= 0.6 is 11.3 Å². The number of nitrogens with zero attached hydrogens (tertiary/aromatic N) is 1. The summed E-state index contributed by atoms with van der Waals surface area (Å²) in [6, 6.07) is 8.24. The van der Waals surface area contributed by atoms with Crippen LogP contribution in [-0.2, 0) is 19.6 Å². The van der Waals surface area contributed by atoms with Crippen LogP contribution in [0.3, 0.4) is 0 Å². The highest BCUT2D eigenvalue weighted by Crippen LogP contribution is 2.36. The summed E-state index contributed by atoms with van der Waals surface area (Å²) in [6.07, 6.45) is -1.09. The molecule has 8 heteroatoms. The molecule has 0 saturated heterocycles. The van der Waals surface area contributed by atoms with Crippen molar-refractivity contribution in [3.05, 3.63) is 64.4 Å². The number of amides is 1. The van der Waals surface area contributed by atoms with Gasteiger partial charge >= 0.3 is 6.09 Å². The minimum atomic E-state index is -4.28. The molecule has 0 radical (unpaired) electrons. The molecule has 0 saturated carbocycles. The van der Waals surface area contributed by atoms with Gasteiger partial charge in [-0.15, -0.1) is 11.3 Å². The molecule has 2 aromatic rings. The summed E-state index contributed by atoms with van der Waals surface area (Å²) in [6.45, 7) is 6.81. The molecule has 2 rings (SSSR count). The van der Waals surface area contributed by atoms with Crippen LogP contribution in [0.1, 0.15) is 23.4 Å². The summed E-state index contributed by atoms with van der Waals surface area (Å²) in [5, 5.41) is 1.73. The maximum atomic E-state index is 13.2. The summed E-state index contributed by atoms with van der Waals surface area (Å²) in [7, 11) is -3.20. The van der Waals surface area contributed by atoms with Gasteiger partial charge in [-0.3, -0.25) is 4.79 Å². The minimum Gasteiger partial charge on any atom is -0.452 e. The Morgan fingerprint density at radius 2 is 1.81 bits per heavy atom. The second kappa shape index (κ2) is 7.84. The summed E-state index contributed by atoms with van der Waals surface area (Å²) in [5.41, 5.74) is 0.852. The maximum absolute atomic E-state index is 13.2. The van der Waals surface area contributed by atoms with E-state index >= 15 is 0 Å². The number of aryl methyl sites for hydroxylation is 1. The van der Waals surface area contributed by atoms with Gasteiger partial charge in [-0.2, -0.15) is 4.31 Å². The molecule has 1 heterocycles. The molecule has 138 valence electrons. The Labute approximate surface area is 156 Å². The Balaban J connectivity index is 2.68. The van der Waals surface area contributed by atoms with Crippen molar-refractivity contribution in [2.75, 3.05) is 7.11 Å². The molecular weight excluding hydrogens is 374 g/mol. The Hall–Kier alpha value is -2.45. The first-order chi connectivity index (χ1) is 12.2. The van der Waals surface area contributed by atoms with Gasteiger partial charge in [-0.25, -0.2) is 13.2 Å². The number of carbonyl (C=O) groups excluding carboxylic acids is 2. The van der Waals surface area contributed by atoms with Crippen LogP contribution < -0.4 is 0 Å². The molecule has 0 aliphatic heterocycles. The number of hydrogen-bond donors (Lipinski definition) is 0. The highest BCUT2D eigenvalue weighted by molar-refractivity contribution is 7.89. The van der Waals surface area contributed by atoms with Crippen LogP contribution in [0.4, 0.5) is 4.79 Å². The Morgan fingerprint density at radius 3 is 2.27 bits per heavy atom. The first-order valence-corrected chi connectivity index (χ1v) is 9.94. The molecule has 0 aliphatic carbocycles. The van der Waals surface area contributed by atoms with Crippen molar-refractivity contribution in [3.63, 3.8) is 0 Å². The number of thiophene rings is 1. The summed E-state index contributed by atoms with van der Waals surface area (Å²) >= 11 is 1.22. The van der Waals surface area contributed by atoms with Gasteiger partial charge in [-0.1, -0.05) is 30.3 Å². The number of methoxy groups -OCH3 is 1. The molecule has 1 aromatic carbocycles.